The molecule has 0 atom stereocenters. The van der Waals surface area contributed by atoms with Gasteiger partial charge in [-0.1, -0.05) is 48.2 Å². The van der Waals surface area contributed by atoms with Crippen molar-refractivity contribution in [3.05, 3.63) is 58.3 Å². The van der Waals surface area contributed by atoms with Gasteiger partial charge in [-0.25, -0.2) is 0 Å². The molecule has 2 N–H and O–H groups in total. The molecule has 0 saturated carbocycles. The third-order valence-electron chi connectivity index (χ3n) is 2.20. The van der Waals surface area contributed by atoms with Crippen LogP contribution in [0.25, 0.3) is 0 Å². The van der Waals surface area contributed by atoms with Crippen molar-refractivity contribution < 1.29 is 17.8 Å². The number of hydrogen-bond donors (Lipinski definition) is 1. The summed E-state index contributed by atoms with van der Waals surface area (Å²) < 4.78 is 0. The molecule has 0 unspecified atom stereocenters. The van der Waals surface area contributed by atoms with Crippen LogP contribution in [0.2, 0.25) is 0 Å². The van der Waals surface area contributed by atoms with E-state index in [-0.39, 0.29) is 12.4 Å². The van der Waals surface area contributed by atoms with Crippen LogP contribution in [0, 0.1) is 0 Å². The van der Waals surface area contributed by atoms with Gasteiger partial charge in [-0.15, -0.1) is 11.3 Å². The lowest BCUT2D eigenvalue weighted by Gasteiger charge is -1.98. The lowest BCUT2D eigenvalue weighted by Crippen LogP contribution is -3.00. The number of hydrogen-bond acceptors (Lipinski definition) is 2. The summed E-state index contributed by atoms with van der Waals surface area (Å²) in [5.41, 5.74) is 1.32. The van der Waals surface area contributed by atoms with E-state index in [1.807, 2.05) is 6.07 Å². The molecule has 0 radical (unpaired) electrons. The maximum Gasteiger partial charge on any atom is 0.212 e. The molecule has 1 nitrogen and oxygen atoms in total. The van der Waals surface area contributed by atoms with Crippen LogP contribution in [0.3, 0.4) is 0 Å². The standard InChI is InChI=1S/C13H13NS2.ClH/c14-13(9-12-7-4-8-15-12)16-10-11-5-2-1-3-6-11;/h1-8,14H,9-10H2;1H. The Balaban J connectivity index is 0.00000144. The summed E-state index contributed by atoms with van der Waals surface area (Å²) in [6, 6.07) is 14.6. The molecule has 0 aliphatic carbocycles. The third-order valence-corrected chi connectivity index (χ3v) is 4.06. The maximum atomic E-state index is 6.00. The minimum atomic E-state index is 0. The summed E-state index contributed by atoms with van der Waals surface area (Å²) in [7, 11) is 0. The summed E-state index contributed by atoms with van der Waals surface area (Å²) in [6.45, 7) is 0. The molecule has 4 heteroatoms. The van der Waals surface area contributed by atoms with Crippen molar-refractivity contribution in [3.63, 3.8) is 0 Å². The lowest BCUT2D eigenvalue weighted by atomic mass is 10.2. The Morgan fingerprint density at radius 2 is 1.88 bits per heavy atom. The van der Waals surface area contributed by atoms with Crippen LogP contribution in [0.15, 0.2) is 47.8 Å². The summed E-state index contributed by atoms with van der Waals surface area (Å²) in [5, 5.41) is 9.08. The number of thioether (sulfide) groups is 1. The van der Waals surface area contributed by atoms with Crippen LogP contribution in [-0.2, 0) is 12.2 Å². The van der Waals surface area contributed by atoms with E-state index in [1.165, 1.54) is 10.4 Å². The van der Waals surface area contributed by atoms with E-state index in [0.29, 0.717) is 0 Å². The van der Waals surface area contributed by atoms with Crippen LogP contribution < -0.4 is 17.8 Å². The van der Waals surface area contributed by atoms with Gasteiger partial charge in [0.25, 0.3) is 0 Å². The Kier molecular flexibility index (Phi) is 6.34. The van der Waals surface area contributed by atoms with E-state index in [0.717, 1.165) is 17.2 Å². The second kappa shape index (κ2) is 7.54. The molecule has 0 bridgehead atoms. The molecule has 1 heterocycles. The summed E-state index contributed by atoms with van der Waals surface area (Å²) in [4.78, 5) is 1.33. The van der Waals surface area contributed by atoms with Crippen molar-refractivity contribution in [2.45, 2.75) is 12.2 Å². The third kappa shape index (κ3) is 4.94. The van der Waals surface area contributed by atoms with Crippen LogP contribution in [0.1, 0.15) is 10.4 Å². The van der Waals surface area contributed by atoms with Gasteiger partial charge < -0.3 is 12.4 Å². The van der Waals surface area contributed by atoms with Gasteiger partial charge in [0.15, 0.2) is 0 Å². The molecule has 90 valence electrons. The number of nitrogens with two attached hydrogens (primary N) is 1. The smallest absolute Gasteiger partial charge is 0.212 e. The first-order valence-corrected chi connectivity index (χ1v) is 7.01. The molecular formula is C13H14ClNS2. The zero-order chi connectivity index (χ0) is 11.2. The summed E-state index contributed by atoms with van der Waals surface area (Å²) in [5.74, 6) is 0.956. The number of halogens is 1. The fraction of sp³-hybridized carbons (Fsp3) is 0.154. The first-order chi connectivity index (χ1) is 7.84. The lowest BCUT2D eigenvalue weighted by molar-refractivity contribution is -0.110. The van der Waals surface area contributed by atoms with Gasteiger partial charge in [-0.2, -0.15) is 0 Å². The predicted octanol–water partition coefficient (Wildman–Crippen LogP) is -0.614. The maximum absolute atomic E-state index is 6.00. The quantitative estimate of drug-likeness (QED) is 0.588. The van der Waals surface area contributed by atoms with E-state index >= 15 is 0 Å². The highest BCUT2D eigenvalue weighted by molar-refractivity contribution is 8.12. The molecule has 2 rings (SSSR count). The van der Waals surface area contributed by atoms with Crippen molar-refractivity contribution in [2.75, 3.05) is 0 Å². The second-order valence-corrected chi connectivity index (χ2v) is 5.63. The molecule has 0 aliphatic heterocycles. The molecule has 1 aromatic carbocycles. The summed E-state index contributed by atoms with van der Waals surface area (Å²) >= 11 is 3.49. The number of thiophene rings is 1. The molecule has 1 aromatic heterocycles. The fourth-order valence-corrected chi connectivity index (χ4v) is 3.01. The average molecular weight is 284 g/mol. The predicted molar refractivity (Wildman–Crippen MR) is 72.7 cm³/mol. The Hall–Kier alpha value is -0.770. The molecule has 0 saturated heterocycles. The van der Waals surface area contributed by atoms with E-state index in [2.05, 4.69) is 41.8 Å². The Morgan fingerprint density at radius 3 is 2.53 bits per heavy atom. The topological polar surface area (TPSA) is 25.6 Å². The normalized spacial score (nSPS) is 9.65. The van der Waals surface area contributed by atoms with Gasteiger partial charge in [0.1, 0.15) is 0 Å². The largest absolute Gasteiger partial charge is 1.00 e. The second-order valence-electron chi connectivity index (χ2n) is 3.50. The van der Waals surface area contributed by atoms with Crippen molar-refractivity contribution in [3.8, 4) is 0 Å². The molecule has 0 aliphatic rings. The average Bonchev–Trinajstić information content (AvgIpc) is 2.81. The highest BCUT2D eigenvalue weighted by atomic mass is 35.5. The summed E-state index contributed by atoms with van der Waals surface area (Å²) in [6.07, 6.45) is 0.884. The van der Waals surface area contributed by atoms with Crippen LogP contribution in [-0.4, -0.2) is 5.04 Å². The van der Waals surface area contributed by atoms with Gasteiger partial charge in [0, 0.05) is 10.6 Å². The SMILES string of the molecule is [Cl-].[NH2+]=C(Cc1cccs1)SCc1ccccc1. The van der Waals surface area contributed by atoms with Crippen molar-refractivity contribution in [2.24, 2.45) is 0 Å². The Bertz CT molecular complexity index is 440. The van der Waals surface area contributed by atoms with Gasteiger partial charge in [-0.3, -0.25) is 5.41 Å². The Labute approximate surface area is 116 Å². The minimum Gasteiger partial charge on any atom is -1.00 e. The van der Waals surface area contributed by atoms with E-state index < -0.39 is 0 Å². The van der Waals surface area contributed by atoms with E-state index in [9.17, 15) is 0 Å². The highest BCUT2D eigenvalue weighted by Gasteiger charge is 2.06. The monoisotopic (exact) mass is 283 g/mol. The zero-order valence-electron chi connectivity index (χ0n) is 9.30. The van der Waals surface area contributed by atoms with Gasteiger partial charge in [0.05, 0.1) is 6.42 Å². The number of rotatable bonds is 4. The molecule has 0 spiro atoms. The minimum absolute atomic E-state index is 0. The first-order valence-electron chi connectivity index (χ1n) is 5.15. The van der Waals surface area contributed by atoms with Gasteiger partial charge in [-0.05, 0) is 17.0 Å². The molecule has 2 aromatic rings. The van der Waals surface area contributed by atoms with Crippen molar-refractivity contribution >= 4 is 28.1 Å². The van der Waals surface area contributed by atoms with Gasteiger partial charge >= 0.3 is 0 Å². The van der Waals surface area contributed by atoms with E-state index in [4.69, 9.17) is 5.41 Å². The van der Waals surface area contributed by atoms with Gasteiger partial charge in [0.2, 0.25) is 5.04 Å². The highest BCUT2D eigenvalue weighted by Crippen LogP contribution is 2.16. The van der Waals surface area contributed by atoms with Crippen LogP contribution in [0.4, 0.5) is 0 Å². The Morgan fingerprint density at radius 1 is 1.12 bits per heavy atom. The van der Waals surface area contributed by atoms with E-state index in [1.54, 1.807) is 23.1 Å². The van der Waals surface area contributed by atoms with Crippen LogP contribution in [0.5, 0.6) is 0 Å². The van der Waals surface area contributed by atoms with Crippen molar-refractivity contribution in [1.82, 2.24) is 0 Å². The molecular weight excluding hydrogens is 270 g/mol. The zero-order valence-corrected chi connectivity index (χ0v) is 11.7. The number of benzene rings is 1. The molecule has 17 heavy (non-hydrogen) atoms. The fourth-order valence-electron chi connectivity index (χ4n) is 1.39. The first kappa shape index (κ1) is 14.3. The molecule has 0 fully saturated rings. The molecule has 0 amide bonds. The van der Waals surface area contributed by atoms with Crippen molar-refractivity contribution in [1.29, 1.82) is 0 Å². The van der Waals surface area contributed by atoms with Crippen LogP contribution >= 0.6 is 23.1 Å².